The van der Waals surface area contributed by atoms with Gasteiger partial charge in [-0.15, -0.1) is 0 Å². The maximum atomic E-state index is 14.4. The van der Waals surface area contributed by atoms with Gasteiger partial charge in [0.15, 0.2) is 21.5 Å². The minimum Gasteiger partial charge on any atom is -0.418 e. The van der Waals surface area contributed by atoms with E-state index >= 15 is 0 Å². The first-order chi connectivity index (χ1) is 15.1. The Bertz CT molecular complexity index is 1310. The number of pyridine rings is 1. The predicted octanol–water partition coefficient (Wildman–Crippen LogP) is 3.94. The highest BCUT2D eigenvalue weighted by Crippen LogP contribution is 2.29. The summed E-state index contributed by atoms with van der Waals surface area (Å²) in [4.78, 5) is 20.0. The molecule has 7 nitrogen and oxygen atoms in total. The molecule has 0 unspecified atom stereocenters. The second-order valence-corrected chi connectivity index (χ2v) is 9.63. The Labute approximate surface area is 184 Å². The third kappa shape index (κ3) is 5.56. The van der Waals surface area contributed by atoms with Crippen LogP contribution in [-0.2, 0) is 22.6 Å². The van der Waals surface area contributed by atoms with Gasteiger partial charge in [0.1, 0.15) is 0 Å². The molecule has 2 heterocycles. The van der Waals surface area contributed by atoms with E-state index in [9.17, 15) is 22.0 Å². The molecule has 0 aliphatic carbocycles. The van der Waals surface area contributed by atoms with Gasteiger partial charge < -0.3 is 9.30 Å². The number of ether oxygens (including phenoxy) is 1. The second kappa shape index (κ2) is 9.56. The summed E-state index contributed by atoms with van der Waals surface area (Å²) in [5.74, 6) is -2.93. The first-order valence-corrected chi connectivity index (χ1v) is 11.8. The standard InChI is InChI=1S/C22H23F2N3O4S/c1-4-5-10-32(29,30)13-16-11-18(15-7-9-19(28)27(3)12-15)26-22(25-16)31-21-17(23)8-6-14(2)20(21)24/h6-9,11-12H,4-5,10,13H2,1-3H3. The smallest absolute Gasteiger partial charge is 0.322 e. The van der Waals surface area contributed by atoms with Crippen molar-refractivity contribution in [3.8, 4) is 23.0 Å². The number of hydrogen-bond donors (Lipinski definition) is 0. The molecule has 0 bridgehead atoms. The van der Waals surface area contributed by atoms with E-state index < -0.39 is 33.2 Å². The molecule has 1 aromatic carbocycles. The van der Waals surface area contributed by atoms with E-state index in [2.05, 4.69) is 9.97 Å². The maximum absolute atomic E-state index is 14.4. The van der Waals surface area contributed by atoms with Crippen LogP contribution in [0.5, 0.6) is 11.8 Å². The van der Waals surface area contributed by atoms with Crippen LogP contribution in [0.2, 0.25) is 0 Å². The largest absolute Gasteiger partial charge is 0.418 e. The number of sulfone groups is 1. The van der Waals surface area contributed by atoms with E-state index in [1.165, 1.54) is 42.0 Å². The number of unbranched alkanes of at least 4 members (excludes halogenated alkanes) is 1. The lowest BCUT2D eigenvalue weighted by Crippen LogP contribution is -2.14. The van der Waals surface area contributed by atoms with Crippen molar-refractivity contribution in [2.75, 3.05) is 5.75 Å². The summed E-state index contributed by atoms with van der Waals surface area (Å²) in [6.45, 7) is 3.34. The number of halogens is 2. The number of aromatic nitrogens is 3. The lowest BCUT2D eigenvalue weighted by molar-refractivity contribution is 0.380. The molecule has 2 aromatic heterocycles. The Hall–Kier alpha value is -3.14. The fraction of sp³-hybridized carbons (Fsp3) is 0.318. The Kier molecular flexibility index (Phi) is 7.02. The van der Waals surface area contributed by atoms with Crippen molar-refractivity contribution in [3.05, 3.63) is 69.8 Å². The fourth-order valence-electron chi connectivity index (χ4n) is 2.96. The van der Waals surface area contributed by atoms with Crippen LogP contribution in [0.1, 0.15) is 31.0 Å². The van der Waals surface area contributed by atoms with Crippen LogP contribution in [0.3, 0.4) is 0 Å². The minimum absolute atomic E-state index is 0.0139. The van der Waals surface area contributed by atoms with Crippen molar-refractivity contribution in [1.82, 2.24) is 14.5 Å². The Balaban J connectivity index is 2.09. The van der Waals surface area contributed by atoms with Crippen LogP contribution in [0, 0.1) is 18.6 Å². The highest BCUT2D eigenvalue weighted by molar-refractivity contribution is 7.90. The molecule has 0 aliphatic heterocycles. The van der Waals surface area contributed by atoms with Gasteiger partial charge in [-0.1, -0.05) is 19.4 Å². The molecule has 0 saturated heterocycles. The minimum atomic E-state index is -3.47. The van der Waals surface area contributed by atoms with Gasteiger partial charge in [0.25, 0.3) is 0 Å². The molecular formula is C22H23F2N3O4S. The van der Waals surface area contributed by atoms with Crippen LogP contribution in [-0.4, -0.2) is 28.7 Å². The summed E-state index contributed by atoms with van der Waals surface area (Å²) in [7, 11) is -1.92. The van der Waals surface area contributed by atoms with Crippen molar-refractivity contribution >= 4 is 9.84 Å². The Morgan fingerprint density at radius 1 is 1.12 bits per heavy atom. The molecule has 0 N–H and O–H groups in total. The van der Waals surface area contributed by atoms with E-state index in [0.717, 1.165) is 6.07 Å². The van der Waals surface area contributed by atoms with Crippen molar-refractivity contribution in [2.24, 2.45) is 7.05 Å². The first kappa shape index (κ1) is 23.5. The SMILES string of the molecule is CCCCS(=O)(=O)Cc1cc(-c2ccc(=O)n(C)c2)nc(Oc2c(F)ccc(C)c2F)n1. The van der Waals surface area contributed by atoms with E-state index in [4.69, 9.17) is 4.74 Å². The van der Waals surface area contributed by atoms with E-state index in [1.54, 1.807) is 7.05 Å². The first-order valence-electron chi connectivity index (χ1n) is 9.97. The quantitative estimate of drug-likeness (QED) is 0.503. The predicted molar refractivity (Wildman–Crippen MR) is 116 cm³/mol. The van der Waals surface area contributed by atoms with Crippen molar-refractivity contribution in [2.45, 2.75) is 32.4 Å². The van der Waals surface area contributed by atoms with Gasteiger partial charge >= 0.3 is 6.01 Å². The molecule has 0 fully saturated rings. The number of rotatable bonds is 8. The third-order valence-electron chi connectivity index (χ3n) is 4.75. The lowest BCUT2D eigenvalue weighted by Gasteiger charge is -2.12. The molecule has 3 aromatic rings. The van der Waals surface area contributed by atoms with Gasteiger partial charge in [0, 0.05) is 24.9 Å². The normalized spacial score (nSPS) is 11.5. The summed E-state index contributed by atoms with van der Waals surface area (Å²) < 4.78 is 60.2. The molecule has 32 heavy (non-hydrogen) atoms. The summed E-state index contributed by atoms with van der Waals surface area (Å²) in [5.41, 5.74) is 0.767. The molecule has 0 aliphatic rings. The fourth-order valence-corrected chi connectivity index (χ4v) is 4.44. The summed E-state index contributed by atoms with van der Waals surface area (Å²) in [6.07, 6.45) is 2.73. The topological polar surface area (TPSA) is 91.2 Å². The van der Waals surface area contributed by atoms with Gasteiger partial charge in [-0.05, 0) is 37.1 Å². The second-order valence-electron chi connectivity index (χ2n) is 7.45. The number of aryl methyl sites for hydroxylation is 2. The van der Waals surface area contributed by atoms with Crippen LogP contribution >= 0.6 is 0 Å². The molecule has 0 spiro atoms. The number of hydrogen-bond acceptors (Lipinski definition) is 6. The molecule has 0 atom stereocenters. The van der Waals surface area contributed by atoms with Gasteiger partial charge in [0.2, 0.25) is 11.3 Å². The molecule has 3 rings (SSSR count). The van der Waals surface area contributed by atoms with E-state index in [-0.39, 0.29) is 34.0 Å². The summed E-state index contributed by atoms with van der Waals surface area (Å²) in [5, 5.41) is 0. The zero-order valence-electron chi connectivity index (χ0n) is 17.9. The van der Waals surface area contributed by atoms with Gasteiger partial charge in [-0.2, -0.15) is 9.97 Å². The molecule has 10 heteroatoms. The third-order valence-corrected chi connectivity index (χ3v) is 6.40. The molecular weight excluding hydrogens is 440 g/mol. The maximum Gasteiger partial charge on any atom is 0.322 e. The number of nitrogens with zero attached hydrogens (tertiary/aromatic N) is 3. The molecule has 170 valence electrons. The lowest BCUT2D eigenvalue weighted by atomic mass is 10.2. The highest BCUT2D eigenvalue weighted by atomic mass is 32.2. The zero-order chi connectivity index (χ0) is 23.5. The van der Waals surface area contributed by atoms with Crippen molar-refractivity contribution < 1.29 is 21.9 Å². The molecule has 0 saturated carbocycles. The summed E-state index contributed by atoms with van der Waals surface area (Å²) in [6, 6.07) is 6.22. The van der Waals surface area contributed by atoms with E-state index in [0.29, 0.717) is 18.4 Å². The summed E-state index contributed by atoms with van der Waals surface area (Å²) >= 11 is 0. The van der Waals surface area contributed by atoms with Crippen LogP contribution in [0.15, 0.2) is 41.3 Å². The van der Waals surface area contributed by atoms with Crippen LogP contribution < -0.4 is 10.3 Å². The van der Waals surface area contributed by atoms with Crippen LogP contribution in [0.25, 0.3) is 11.3 Å². The van der Waals surface area contributed by atoms with Gasteiger partial charge in [-0.3, -0.25) is 4.79 Å². The average molecular weight is 464 g/mol. The van der Waals surface area contributed by atoms with Gasteiger partial charge in [-0.25, -0.2) is 17.2 Å². The highest BCUT2D eigenvalue weighted by Gasteiger charge is 2.19. The van der Waals surface area contributed by atoms with Crippen molar-refractivity contribution in [1.29, 1.82) is 0 Å². The molecule has 0 amide bonds. The average Bonchev–Trinajstić information content (AvgIpc) is 2.74. The van der Waals surface area contributed by atoms with Crippen LogP contribution in [0.4, 0.5) is 8.78 Å². The Morgan fingerprint density at radius 2 is 1.88 bits per heavy atom. The van der Waals surface area contributed by atoms with E-state index in [1.807, 2.05) is 6.92 Å². The molecule has 0 radical (unpaired) electrons. The zero-order valence-corrected chi connectivity index (χ0v) is 18.7. The Morgan fingerprint density at radius 3 is 2.56 bits per heavy atom. The number of benzene rings is 1. The monoisotopic (exact) mass is 463 g/mol. The van der Waals surface area contributed by atoms with Gasteiger partial charge in [0.05, 0.1) is 22.9 Å². The van der Waals surface area contributed by atoms with Crippen molar-refractivity contribution in [3.63, 3.8) is 0 Å².